The molecule has 0 atom stereocenters. The first-order valence-corrected chi connectivity index (χ1v) is 10.7. The molecule has 3 heteroatoms. The Kier molecular flexibility index (Phi) is 34.4. The average molecular weight is 422 g/mol. The van der Waals surface area contributed by atoms with Crippen LogP contribution in [0.5, 0.6) is 0 Å². The summed E-state index contributed by atoms with van der Waals surface area (Å²) in [6, 6.07) is 10.9. The van der Waals surface area contributed by atoms with Crippen LogP contribution < -0.4 is 6.15 Å². The first kappa shape index (κ1) is 35.5. The molecular weight excluding hydrogens is 374 g/mol. The zero-order valence-corrected chi connectivity index (χ0v) is 21.5. The van der Waals surface area contributed by atoms with Crippen LogP contribution in [0, 0.1) is 13.3 Å². The van der Waals surface area contributed by atoms with Crippen LogP contribution in [-0.4, -0.2) is 23.1 Å². The van der Waals surface area contributed by atoms with E-state index < -0.39 is 0 Å². The molecule has 0 unspecified atom stereocenters. The molecule has 0 saturated carbocycles. The third kappa shape index (κ3) is 20.8. The molecule has 3 N–H and O–H groups in total. The maximum absolute atomic E-state index is 2.29. The number of unbranched alkanes of at least 4 members (excludes halogenated alkanes) is 13. The van der Waals surface area contributed by atoms with Crippen molar-refractivity contribution in [2.45, 2.75) is 110 Å². The monoisotopic (exact) mass is 421 g/mol. The summed E-state index contributed by atoms with van der Waals surface area (Å²) in [5, 5.41) is 0. The van der Waals surface area contributed by atoms with E-state index in [0.717, 1.165) is 0 Å². The van der Waals surface area contributed by atoms with Crippen molar-refractivity contribution in [1.29, 1.82) is 0 Å². The van der Waals surface area contributed by atoms with Gasteiger partial charge in [0.25, 0.3) is 0 Å². The maximum Gasteiger partial charge on any atom is 2.00 e. The third-order valence-electron chi connectivity index (χ3n) is 5.17. The van der Waals surface area contributed by atoms with Crippen molar-refractivity contribution in [1.82, 2.24) is 6.15 Å². The number of halogens is 1. The molecule has 0 fully saturated rings. The van der Waals surface area contributed by atoms with Gasteiger partial charge in [0.15, 0.2) is 0 Å². The van der Waals surface area contributed by atoms with E-state index in [4.69, 9.17) is 0 Å². The van der Waals surface area contributed by atoms with Gasteiger partial charge >= 0.3 is 23.1 Å². The summed E-state index contributed by atoms with van der Waals surface area (Å²) in [6.45, 7) is 4.58. The van der Waals surface area contributed by atoms with E-state index >= 15 is 0 Å². The molecule has 0 spiro atoms. The van der Waals surface area contributed by atoms with Gasteiger partial charge in [0.05, 0.1) is 0 Å². The molecule has 0 saturated heterocycles. The van der Waals surface area contributed by atoms with E-state index in [-0.39, 0.29) is 49.0 Å². The molecule has 0 aromatic heterocycles. The third-order valence-corrected chi connectivity index (χ3v) is 5.17. The molecule has 0 aliphatic rings. The van der Waals surface area contributed by atoms with Gasteiger partial charge in [0.2, 0.25) is 0 Å². The van der Waals surface area contributed by atoms with Crippen LogP contribution in [0.15, 0.2) is 30.3 Å². The molecule has 162 valence electrons. The number of rotatable bonds is 16. The van der Waals surface area contributed by atoms with Crippen molar-refractivity contribution in [3.05, 3.63) is 49.2 Å². The first-order valence-electron chi connectivity index (χ1n) is 10.7. The van der Waals surface area contributed by atoms with Crippen LogP contribution in [0.3, 0.4) is 0 Å². The Balaban J connectivity index is -0.000000720. The van der Waals surface area contributed by atoms with Crippen molar-refractivity contribution in [3.8, 4) is 0 Å². The zero-order valence-electron chi connectivity index (χ0n) is 19.3. The minimum Gasteiger partial charge on any atom is -0.358 e. The van der Waals surface area contributed by atoms with E-state index in [1.807, 2.05) is 0 Å². The Labute approximate surface area is 200 Å². The van der Waals surface area contributed by atoms with Crippen LogP contribution in [0.2, 0.25) is 0 Å². The topological polar surface area (TPSA) is 35.0 Å². The summed E-state index contributed by atoms with van der Waals surface area (Å²) in [5.41, 5.74) is 1.42. The summed E-state index contributed by atoms with van der Waals surface area (Å²) < 4.78 is 0. The summed E-state index contributed by atoms with van der Waals surface area (Å²) in [4.78, 5) is 0. The van der Waals surface area contributed by atoms with Gasteiger partial charge in [-0.2, -0.15) is 23.6 Å². The molecular formula is C25H48ClMgN. The Morgan fingerprint density at radius 3 is 1.39 bits per heavy atom. The van der Waals surface area contributed by atoms with Crippen LogP contribution in [-0.2, 0) is 0 Å². The predicted molar refractivity (Wildman–Crippen MR) is 134 cm³/mol. The van der Waals surface area contributed by atoms with Crippen molar-refractivity contribution in [2.24, 2.45) is 0 Å². The Hall–Kier alpha value is 0.106. The fraction of sp³-hybridized carbons (Fsp3) is 0.680. The van der Waals surface area contributed by atoms with Crippen LogP contribution >= 0.6 is 12.4 Å². The van der Waals surface area contributed by atoms with Crippen LogP contribution in [0.1, 0.15) is 116 Å². The zero-order chi connectivity index (χ0) is 17.3. The van der Waals surface area contributed by atoms with Gasteiger partial charge in [0, 0.05) is 0 Å². The predicted octanol–water partition coefficient (Wildman–Crippen LogP) is 9.15. The largest absolute Gasteiger partial charge is 2.00 e. The second kappa shape index (κ2) is 27.1. The van der Waals surface area contributed by atoms with Crippen molar-refractivity contribution >= 4 is 35.5 Å². The second-order valence-electron chi connectivity index (χ2n) is 7.49. The molecule has 28 heavy (non-hydrogen) atoms. The summed E-state index contributed by atoms with van der Waals surface area (Å²) in [6.07, 6.45) is 21.4. The SMILES string of the molecule is CCCCCCCCCCCCCCCC[C-](C)c1ccccc1.Cl.N.[CH3-].[Mg+2]. The molecule has 0 bridgehead atoms. The molecule has 1 aromatic carbocycles. The van der Waals surface area contributed by atoms with Gasteiger partial charge in [-0.3, -0.25) is 0 Å². The van der Waals surface area contributed by atoms with Crippen molar-refractivity contribution in [3.63, 3.8) is 0 Å². The summed E-state index contributed by atoms with van der Waals surface area (Å²) in [7, 11) is 0. The van der Waals surface area contributed by atoms with Gasteiger partial charge < -0.3 is 13.6 Å². The van der Waals surface area contributed by atoms with E-state index in [1.165, 1.54) is 102 Å². The minimum atomic E-state index is 0. The Bertz CT molecular complexity index is 372. The molecule has 1 aromatic rings. The smallest absolute Gasteiger partial charge is 0.358 e. The second-order valence-corrected chi connectivity index (χ2v) is 7.49. The standard InChI is InChI=1S/C24H41.CH3.ClH.Mg.H3N/c1-3-4-5-6-7-8-9-10-11-12-13-14-15-17-20-23(2)24-21-18-16-19-22-24;;;;/h16,18-19,21-22H,3-15,17,20H2,1-2H3;1H3;1H;;1H3/q2*-1;;+2;. The summed E-state index contributed by atoms with van der Waals surface area (Å²) >= 11 is 0. The van der Waals surface area contributed by atoms with Gasteiger partial charge in [-0.05, 0) is 0 Å². The molecule has 0 aliphatic heterocycles. The molecule has 0 heterocycles. The normalized spacial score (nSPS) is 9.36. The first-order chi connectivity index (χ1) is 11.8. The van der Waals surface area contributed by atoms with Gasteiger partial charge in [-0.1, -0.05) is 116 Å². The molecule has 1 nitrogen and oxygen atoms in total. The van der Waals surface area contributed by atoms with Crippen molar-refractivity contribution < 1.29 is 0 Å². The van der Waals surface area contributed by atoms with E-state index in [0.29, 0.717) is 0 Å². The van der Waals surface area contributed by atoms with E-state index in [9.17, 15) is 0 Å². The molecule has 0 aliphatic carbocycles. The Morgan fingerprint density at radius 1 is 0.643 bits per heavy atom. The average Bonchev–Trinajstić information content (AvgIpc) is 2.62. The van der Waals surface area contributed by atoms with Gasteiger partial charge in [-0.15, -0.1) is 24.5 Å². The van der Waals surface area contributed by atoms with E-state index in [1.54, 1.807) is 5.92 Å². The van der Waals surface area contributed by atoms with E-state index in [2.05, 4.69) is 44.2 Å². The van der Waals surface area contributed by atoms with Gasteiger partial charge in [-0.25, -0.2) is 0 Å². The summed E-state index contributed by atoms with van der Waals surface area (Å²) in [5.74, 6) is 1.55. The molecule has 0 radical (unpaired) electrons. The van der Waals surface area contributed by atoms with Crippen LogP contribution in [0.4, 0.5) is 0 Å². The Morgan fingerprint density at radius 2 is 1.00 bits per heavy atom. The quantitative estimate of drug-likeness (QED) is 0.161. The van der Waals surface area contributed by atoms with Crippen LogP contribution in [0.25, 0.3) is 0 Å². The number of benzene rings is 1. The number of hydrogen-bond acceptors (Lipinski definition) is 1. The fourth-order valence-corrected chi connectivity index (χ4v) is 3.45. The minimum absolute atomic E-state index is 0. The number of hydrogen-bond donors (Lipinski definition) is 1. The van der Waals surface area contributed by atoms with Crippen molar-refractivity contribution in [2.75, 3.05) is 0 Å². The maximum atomic E-state index is 2.29. The molecule has 1 rings (SSSR count). The van der Waals surface area contributed by atoms with Gasteiger partial charge in [0.1, 0.15) is 0 Å². The fourth-order valence-electron chi connectivity index (χ4n) is 3.45. The molecule has 0 amide bonds.